The highest BCUT2D eigenvalue weighted by Crippen LogP contribution is 2.30. The molecular formula is C15H17Cl2N3O2S. The molecule has 1 fully saturated rings. The van der Waals surface area contributed by atoms with Crippen LogP contribution in [0.3, 0.4) is 0 Å². The van der Waals surface area contributed by atoms with Gasteiger partial charge < -0.3 is 5.32 Å². The summed E-state index contributed by atoms with van der Waals surface area (Å²) in [5.41, 5.74) is 0.512. The highest BCUT2D eigenvalue weighted by atomic mass is 35.5. The van der Waals surface area contributed by atoms with Crippen LogP contribution < -0.4 is 5.32 Å². The van der Waals surface area contributed by atoms with Gasteiger partial charge in [-0.05, 0) is 32.0 Å². The monoisotopic (exact) mass is 373 g/mol. The number of nitrogens with one attached hydrogen (secondary N) is 1. The molecule has 5 nitrogen and oxygen atoms in total. The van der Waals surface area contributed by atoms with Crippen molar-refractivity contribution in [3.8, 4) is 0 Å². The third-order valence-electron chi connectivity index (χ3n) is 3.15. The van der Waals surface area contributed by atoms with E-state index in [2.05, 4.69) is 10.3 Å². The van der Waals surface area contributed by atoms with E-state index in [9.17, 15) is 9.59 Å². The fourth-order valence-corrected chi connectivity index (χ4v) is 3.99. The Labute approximate surface area is 149 Å². The second kappa shape index (κ2) is 8.04. The van der Waals surface area contributed by atoms with Gasteiger partial charge in [0, 0.05) is 35.2 Å². The van der Waals surface area contributed by atoms with Crippen molar-refractivity contribution in [3.05, 3.63) is 28.2 Å². The number of nitrogens with zero attached hydrogens (tertiary/aromatic N) is 2. The molecule has 1 aliphatic heterocycles. The zero-order valence-corrected chi connectivity index (χ0v) is 15.1. The number of benzene rings is 1. The Bertz CT molecular complexity index is 631. The van der Waals surface area contributed by atoms with Crippen LogP contribution in [0.1, 0.15) is 20.3 Å². The second-order valence-electron chi connectivity index (χ2n) is 4.86. The Hall–Kier alpha value is -1.24. The highest BCUT2D eigenvalue weighted by molar-refractivity contribution is 8.15. The maximum absolute atomic E-state index is 12.3. The van der Waals surface area contributed by atoms with E-state index in [-0.39, 0.29) is 18.2 Å². The zero-order valence-electron chi connectivity index (χ0n) is 12.8. The van der Waals surface area contributed by atoms with E-state index in [1.807, 2.05) is 13.8 Å². The molecule has 2 rings (SSSR count). The highest BCUT2D eigenvalue weighted by Gasteiger charge is 2.38. The summed E-state index contributed by atoms with van der Waals surface area (Å²) in [5.74, 6) is -0.341. The Morgan fingerprint density at radius 1 is 1.30 bits per heavy atom. The van der Waals surface area contributed by atoms with Gasteiger partial charge in [-0.25, -0.2) is 0 Å². The average molecular weight is 374 g/mol. The van der Waals surface area contributed by atoms with Gasteiger partial charge in [-0.3, -0.25) is 19.5 Å². The molecule has 124 valence electrons. The third-order valence-corrected chi connectivity index (χ3v) is 4.80. The van der Waals surface area contributed by atoms with E-state index in [4.69, 9.17) is 23.2 Å². The van der Waals surface area contributed by atoms with Crippen LogP contribution in [-0.2, 0) is 9.59 Å². The van der Waals surface area contributed by atoms with E-state index in [0.29, 0.717) is 34.0 Å². The standard InChI is InChI=1S/C15H17Cl2N3O2S/c1-3-18-15-20(4-2)14(22)12(23-15)8-13(21)19-11-6-9(16)5-10(17)7-11/h5-7,12H,3-4,8H2,1-2H3,(H,19,21)/t12-/m1/s1. The van der Waals surface area contributed by atoms with E-state index < -0.39 is 5.25 Å². The number of hydrogen-bond donors (Lipinski definition) is 1. The summed E-state index contributed by atoms with van der Waals surface area (Å²) in [4.78, 5) is 30.4. The molecule has 1 aliphatic rings. The van der Waals surface area contributed by atoms with E-state index in [0.717, 1.165) is 0 Å². The number of halogens is 2. The summed E-state index contributed by atoms with van der Waals surface area (Å²) < 4.78 is 0. The molecule has 2 amide bonds. The third kappa shape index (κ3) is 4.62. The summed E-state index contributed by atoms with van der Waals surface area (Å²) in [6.07, 6.45) is 0.0763. The number of thioether (sulfide) groups is 1. The van der Waals surface area contributed by atoms with Crippen LogP contribution in [0.2, 0.25) is 10.0 Å². The number of carbonyl (C=O) groups is 2. The molecule has 8 heteroatoms. The lowest BCUT2D eigenvalue weighted by molar-refractivity contribution is -0.128. The topological polar surface area (TPSA) is 61.8 Å². The van der Waals surface area contributed by atoms with Crippen LogP contribution >= 0.6 is 35.0 Å². The molecule has 0 radical (unpaired) electrons. The Balaban J connectivity index is 2.03. The van der Waals surface area contributed by atoms with Crippen LogP contribution in [0.15, 0.2) is 23.2 Å². The molecule has 0 bridgehead atoms. The van der Waals surface area contributed by atoms with Crippen molar-refractivity contribution in [1.29, 1.82) is 0 Å². The van der Waals surface area contributed by atoms with Gasteiger partial charge in [0.15, 0.2) is 5.17 Å². The molecule has 0 spiro atoms. The first-order valence-electron chi connectivity index (χ1n) is 7.23. The van der Waals surface area contributed by atoms with E-state index in [1.54, 1.807) is 23.1 Å². The number of anilines is 1. The Morgan fingerprint density at radius 3 is 2.52 bits per heavy atom. The summed E-state index contributed by atoms with van der Waals surface area (Å²) >= 11 is 13.1. The maximum Gasteiger partial charge on any atom is 0.242 e. The van der Waals surface area contributed by atoms with Crippen LogP contribution in [0.4, 0.5) is 5.69 Å². The molecule has 1 N–H and O–H groups in total. The lowest BCUT2D eigenvalue weighted by Crippen LogP contribution is -2.33. The molecule has 1 atom stereocenters. The van der Waals surface area contributed by atoms with E-state index in [1.165, 1.54) is 11.8 Å². The summed E-state index contributed by atoms with van der Waals surface area (Å²) in [5, 5.41) is 3.83. The minimum atomic E-state index is -0.449. The quantitative estimate of drug-likeness (QED) is 0.856. The van der Waals surface area contributed by atoms with Gasteiger partial charge in [0.1, 0.15) is 5.25 Å². The number of rotatable bonds is 5. The minimum absolute atomic E-state index is 0.0763. The van der Waals surface area contributed by atoms with Gasteiger partial charge in [0.25, 0.3) is 0 Å². The number of carbonyl (C=O) groups excluding carboxylic acids is 2. The normalized spacial score (nSPS) is 19.5. The summed E-state index contributed by atoms with van der Waals surface area (Å²) in [6, 6.07) is 4.80. The molecule has 0 aromatic heterocycles. The molecule has 0 saturated carbocycles. The van der Waals surface area contributed by atoms with Crippen LogP contribution in [0.25, 0.3) is 0 Å². The van der Waals surface area contributed by atoms with Crippen molar-refractivity contribution >= 4 is 57.6 Å². The molecule has 0 aliphatic carbocycles. The molecule has 1 saturated heterocycles. The average Bonchev–Trinajstić information content (AvgIpc) is 2.73. The van der Waals surface area contributed by atoms with Crippen molar-refractivity contribution in [2.75, 3.05) is 18.4 Å². The molecule has 1 heterocycles. The number of amidine groups is 1. The molecule has 23 heavy (non-hydrogen) atoms. The Morgan fingerprint density at radius 2 is 1.96 bits per heavy atom. The smallest absolute Gasteiger partial charge is 0.242 e. The zero-order chi connectivity index (χ0) is 17.0. The fourth-order valence-electron chi connectivity index (χ4n) is 2.19. The van der Waals surface area contributed by atoms with Crippen LogP contribution in [0.5, 0.6) is 0 Å². The second-order valence-corrected chi connectivity index (χ2v) is 6.90. The van der Waals surface area contributed by atoms with Gasteiger partial charge >= 0.3 is 0 Å². The predicted octanol–water partition coefficient (Wildman–Crippen LogP) is 3.66. The predicted molar refractivity (Wildman–Crippen MR) is 96.5 cm³/mol. The van der Waals surface area contributed by atoms with Gasteiger partial charge in [-0.15, -0.1) is 0 Å². The first kappa shape index (κ1) is 18.1. The van der Waals surface area contributed by atoms with Crippen LogP contribution in [0, 0.1) is 0 Å². The van der Waals surface area contributed by atoms with Gasteiger partial charge in [-0.2, -0.15) is 0 Å². The first-order chi connectivity index (χ1) is 10.9. The fraction of sp³-hybridized carbons (Fsp3) is 0.400. The summed E-state index contributed by atoms with van der Waals surface area (Å²) in [6.45, 7) is 4.95. The SMILES string of the molecule is CCN=C1S[C@H](CC(=O)Nc2cc(Cl)cc(Cl)c2)C(=O)N1CC. The van der Waals surface area contributed by atoms with E-state index >= 15 is 0 Å². The lowest BCUT2D eigenvalue weighted by atomic mass is 10.2. The number of hydrogen-bond acceptors (Lipinski definition) is 4. The molecule has 1 aromatic rings. The maximum atomic E-state index is 12.3. The number of amides is 2. The van der Waals surface area contributed by atoms with Crippen molar-refractivity contribution in [1.82, 2.24) is 4.90 Å². The van der Waals surface area contributed by atoms with Gasteiger partial charge in [0.05, 0.1) is 0 Å². The Kier molecular flexibility index (Phi) is 6.33. The van der Waals surface area contributed by atoms with Gasteiger partial charge in [-0.1, -0.05) is 35.0 Å². The first-order valence-corrected chi connectivity index (χ1v) is 8.86. The van der Waals surface area contributed by atoms with Gasteiger partial charge in [0.2, 0.25) is 11.8 Å². The van der Waals surface area contributed by atoms with Crippen LogP contribution in [-0.4, -0.2) is 40.2 Å². The summed E-state index contributed by atoms with van der Waals surface area (Å²) in [7, 11) is 0. The lowest BCUT2D eigenvalue weighted by Gasteiger charge is -2.13. The largest absolute Gasteiger partial charge is 0.326 e. The van der Waals surface area contributed by atoms with Crippen molar-refractivity contribution < 1.29 is 9.59 Å². The van der Waals surface area contributed by atoms with Crippen molar-refractivity contribution in [3.63, 3.8) is 0 Å². The van der Waals surface area contributed by atoms with Crippen molar-refractivity contribution in [2.24, 2.45) is 4.99 Å². The molecular weight excluding hydrogens is 357 g/mol. The number of aliphatic imine (C=N–C) groups is 1. The van der Waals surface area contributed by atoms with Crippen molar-refractivity contribution in [2.45, 2.75) is 25.5 Å². The minimum Gasteiger partial charge on any atom is -0.326 e. The molecule has 0 unspecified atom stereocenters. The molecule has 1 aromatic carbocycles.